The molecule has 0 bridgehead atoms. The Kier molecular flexibility index (Phi) is 5.22. The molecule has 0 amide bonds. The molecule has 0 fully saturated rings. The highest BCUT2D eigenvalue weighted by Gasteiger charge is 2.09. The van der Waals surface area contributed by atoms with Crippen LogP contribution in [0, 0.1) is 0 Å². The van der Waals surface area contributed by atoms with E-state index in [1.807, 2.05) is 6.07 Å². The summed E-state index contributed by atoms with van der Waals surface area (Å²) in [6.45, 7) is 0. The zero-order chi connectivity index (χ0) is 13.3. The highest BCUT2D eigenvalue weighted by molar-refractivity contribution is 5.92. The van der Waals surface area contributed by atoms with E-state index in [2.05, 4.69) is 44.9 Å². The molecule has 0 radical (unpaired) electrons. The average molecular weight is 258 g/mol. The van der Waals surface area contributed by atoms with Crippen molar-refractivity contribution in [3.05, 3.63) is 41.7 Å². The normalized spacial score (nSPS) is 10.5. The summed E-state index contributed by atoms with van der Waals surface area (Å²) in [5.74, 6) is 0.168. The minimum Gasteiger partial charge on any atom is -0.291 e. The van der Waals surface area contributed by atoms with Gasteiger partial charge in [0.05, 0.1) is 0 Å². The molecule has 2 aromatic rings. The van der Waals surface area contributed by atoms with Crippen LogP contribution in [0.1, 0.15) is 48.3 Å². The lowest BCUT2D eigenvalue weighted by atomic mass is 10.0. The van der Waals surface area contributed by atoms with Gasteiger partial charge >= 0.3 is 0 Å². The van der Waals surface area contributed by atoms with Crippen LogP contribution in [0.5, 0.6) is 0 Å². The van der Waals surface area contributed by atoms with Gasteiger partial charge in [-0.1, -0.05) is 43.2 Å². The SMILES string of the molecule is O=C(CCCCCCc1ccccc1)c1nn[nH]n1. The van der Waals surface area contributed by atoms with E-state index < -0.39 is 0 Å². The third-order valence-corrected chi connectivity index (χ3v) is 3.06. The first kappa shape index (κ1) is 13.4. The molecule has 0 saturated carbocycles. The van der Waals surface area contributed by atoms with Gasteiger partial charge in [0.1, 0.15) is 0 Å². The number of ketones is 1. The highest BCUT2D eigenvalue weighted by Crippen LogP contribution is 2.09. The summed E-state index contributed by atoms with van der Waals surface area (Å²) in [6.07, 6.45) is 5.89. The van der Waals surface area contributed by atoms with Gasteiger partial charge in [-0.05, 0) is 30.0 Å². The van der Waals surface area contributed by atoms with Crippen LogP contribution in [0.2, 0.25) is 0 Å². The topological polar surface area (TPSA) is 71.5 Å². The third-order valence-electron chi connectivity index (χ3n) is 3.06. The first-order valence-electron chi connectivity index (χ1n) is 6.67. The maximum Gasteiger partial charge on any atom is 0.240 e. The Morgan fingerprint density at radius 3 is 2.58 bits per heavy atom. The van der Waals surface area contributed by atoms with Crippen molar-refractivity contribution in [3.63, 3.8) is 0 Å². The van der Waals surface area contributed by atoms with E-state index in [-0.39, 0.29) is 11.6 Å². The Bertz CT molecular complexity index is 481. The standard InChI is InChI=1S/C14H18N4O/c19-13(14-15-17-18-16-14)11-7-2-1-4-8-12-9-5-3-6-10-12/h3,5-6,9-10H,1-2,4,7-8,11H2,(H,15,16,17,18). The summed E-state index contributed by atoms with van der Waals surface area (Å²) in [6, 6.07) is 10.5. The van der Waals surface area contributed by atoms with Gasteiger partial charge in [-0.15, -0.1) is 10.2 Å². The van der Waals surface area contributed by atoms with Gasteiger partial charge in [-0.25, -0.2) is 0 Å². The molecule has 5 heteroatoms. The Hall–Kier alpha value is -2.04. The number of aryl methyl sites for hydroxylation is 1. The summed E-state index contributed by atoms with van der Waals surface area (Å²) in [5.41, 5.74) is 1.38. The molecule has 0 aliphatic carbocycles. The van der Waals surface area contributed by atoms with Crippen molar-refractivity contribution in [2.45, 2.75) is 38.5 Å². The van der Waals surface area contributed by atoms with Gasteiger partial charge < -0.3 is 0 Å². The van der Waals surface area contributed by atoms with Gasteiger partial charge in [-0.2, -0.15) is 5.21 Å². The third kappa shape index (κ3) is 4.62. The molecule has 100 valence electrons. The number of hydrogen-bond acceptors (Lipinski definition) is 4. The van der Waals surface area contributed by atoms with Crippen LogP contribution in [0.4, 0.5) is 0 Å². The number of aromatic amines is 1. The van der Waals surface area contributed by atoms with Crippen LogP contribution in [-0.4, -0.2) is 26.4 Å². The molecule has 0 atom stereocenters. The van der Waals surface area contributed by atoms with Crippen molar-refractivity contribution in [1.29, 1.82) is 0 Å². The predicted molar refractivity (Wildman–Crippen MR) is 71.7 cm³/mol. The number of carbonyl (C=O) groups excluding carboxylic acids is 1. The molecule has 19 heavy (non-hydrogen) atoms. The Morgan fingerprint density at radius 2 is 1.84 bits per heavy atom. The smallest absolute Gasteiger partial charge is 0.240 e. The molecule has 0 unspecified atom stereocenters. The molecule has 0 aliphatic heterocycles. The van der Waals surface area contributed by atoms with E-state index >= 15 is 0 Å². The lowest BCUT2D eigenvalue weighted by Crippen LogP contribution is -2.01. The number of hydrogen-bond donors (Lipinski definition) is 1. The maximum absolute atomic E-state index is 11.6. The minimum atomic E-state index is -0.0307. The molecule has 0 aliphatic rings. The predicted octanol–water partition coefficient (Wildman–Crippen LogP) is 2.58. The van der Waals surface area contributed by atoms with Crippen LogP contribution in [0.3, 0.4) is 0 Å². The lowest BCUT2D eigenvalue weighted by Gasteiger charge is -2.01. The quantitative estimate of drug-likeness (QED) is 0.583. The van der Waals surface area contributed by atoms with Gasteiger partial charge in [0.25, 0.3) is 0 Å². The van der Waals surface area contributed by atoms with E-state index in [1.165, 1.54) is 12.0 Å². The number of H-pyrrole nitrogens is 1. The molecule has 2 rings (SSSR count). The Morgan fingerprint density at radius 1 is 1.05 bits per heavy atom. The largest absolute Gasteiger partial charge is 0.291 e. The molecule has 1 aromatic heterocycles. The summed E-state index contributed by atoms with van der Waals surface area (Å²) < 4.78 is 0. The number of benzene rings is 1. The Balaban J connectivity index is 1.54. The number of rotatable bonds is 8. The van der Waals surface area contributed by atoms with Gasteiger partial charge in [-0.3, -0.25) is 4.79 Å². The van der Waals surface area contributed by atoms with Crippen LogP contribution < -0.4 is 0 Å². The van der Waals surface area contributed by atoms with Crippen LogP contribution >= 0.6 is 0 Å². The van der Waals surface area contributed by atoms with E-state index in [4.69, 9.17) is 0 Å². The molecule has 5 nitrogen and oxygen atoms in total. The summed E-state index contributed by atoms with van der Waals surface area (Å²) in [5, 5.41) is 13.0. The van der Waals surface area contributed by atoms with Crippen LogP contribution in [0.15, 0.2) is 30.3 Å². The number of Topliss-reactive ketones (excluding diaryl/α,β-unsaturated/α-hetero) is 1. The van der Waals surface area contributed by atoms with Gasteiger partial charge in [0, 0.05) is 6.42 Å². The number of unbranched alkanes of at least 4 members (excludes halogenated alkanes) is 3. The van der Waals surface area contributed by atoms with Gasteiger partial charge in [0.15, 0.2) is 0 Å². The van der Waals surface area contributed by atoms with Crippen molar-refractivity contribution in [2.24, 2.45) is 0 Å². The Labute approximate surface area is 112 Å². The van der Waals surface area contributed by atoms with E-state index in [0.29, 0.717) is 6.42 Å². The van der Waals surface area contributed by atoms with Crippen molar-refractivity contribution in [3.8, 4) is 0 Å². The van der Waals surface area contributed by atoms with Crippen LogP contribution in [-0.2, 0) is 6.42 Å². The fourth-order valence-electron chi connectivity index (χ4n) is 2.00. The van der Waals surface area contributed by atoms with Gasteiger partial charge in [0.2, 0.25) is 11.6 Å². The van der Waals surface area contributed by atoms with Crippen molar-refractivity contribution < 1.29 is 4.79 Å². The summed E-state index contributed by atoms with van der Waals surface area (Å²) in [7, 11) is 0. The fraction of sp³-hybridized carbons (Fsp3) is 0.429. The zero-order valence-corrected chi connectivity index (χ0v) is 10.9. The monoisotopic (exact) mass is 258 g/mol. The number of nitrogens with one attached hydrogen (secondary N) is 1. The number of tetrazole rings is 1. The fourth-order valence-corrected chi connectivity index (χ4v) is 2.00. The van der Waals surface area contributed by atoms with Crippen molar-refractivity contribution in [2.75, 3.05) is 0 Å². The first-order chi connectivity index (χ1) is 9.36. The zero-order valence-electron chi connectivity index (χ0n) is 10.9. The molecule has 1 N–H and O–H groups in total. The molecular formula is C14H18N4O. The number of nitrogens with zero attached hydrogens (tertiary/aromatic N) is 3. The average Bonchev–Trinajstić information content (AvgIpc) is 2.98. The highest BCUT2D eigenvalue weighted by atomic mass is 16.1. The molecular weight excluding hydrogens is 240 g/mol. The summed E-state index contributed by atoms with van der Waals surface area (Å²) in [4.78, 5) is 11.6. The van der Waals surface area contributed by atoms with E-state index in [0.717, 1.165) is 25.7 Å². The minimum absolute atomic E-state index is 0.0307. The maximum atomic E-state index is 11.6. The molecule has 0 saturated heterocycles. The van der Waals surface area contributed by atoms with E-state index in [9.17, 15) is 4.79 Å². The second-order valence-electron chi connectivity index (χ2n) is 4.56. The summed E-state index contributed by atoms with van der Waals surface area (Å²) >= 11 is 0. The first-order valence-corrected chi connectivity index (χ1v) is 6.67. The number of carbonyl (C=O) groups is 1. The molecule has 0 spiro atoms. The molecule has 1 heterocycles. The second kappa shape index (κ2) is 7.41. The number of aromatic nitrogens is 4. The van der Waals surface area contributed by atoms with E-state index in [1.54, 1.807) is 0 Å². The van der Waals surface area contributed by atoms with Crippen molar-refractivity contribution >= 4 is 5.78 Å². The molecule has 1 aromatic carbocycles. The van der Waals surface area contributed by atoms with Crippen molar-refractivity contribution in [1.82, 2.24) is 20.6 Å². The second-order valence-corrected chi connectivity index (χ2v) is 4.56. The lowest BCUT2D eigenvalue weighted by molar-refractivity contribution is 0.0969. The van der Waals surface area contributed by atoms with Crippen LogP contribution in [0.25, 0.3) is 0 Å².